The number of aryl methyl sites for hydroxylation is 1. The van der Waals surface area contributed by atoms with Gasteiger partial charge in [-0.2, -0.15) is 0 Å². The Bertz CT molecular complexity index is 563. The van der Waals surface area contributed by atoms with E-state index in [0.29, 0.717) is 6.54 Å². The molecule has 1 aromatic heterocycles. The van der Waals surface area contributed by atoms with Crippen molar-refractivity contribution in [2.75, 3.05) is 7.05 Å². The fraction of sp³-hybridized carbons (Fsp3) is 0.286. The van der Waals surface area contributed by atoms with Gasteiger partial charge in [0, 0.05) is 18.5 Å². The summed E-state index contributed by atoms with van der Waals surface area (Å²) >= 11 is 1.17. The first-order valence-electron chi connectivity index (χ1n) is 5.96. The molecule has 0 atom stereocenters. The van der Waals surface area contributed by atoms with Crippen molar-refractivity contribution in [1.29, 1.82) is 0 Å². The molecule has 19 heavy (non-hydrogen) atoms. The highest BCUT2D eigenvalue weighted by Crippen LogP contribution is 2.13. The predicted molar refractivity (Wildman–Crippen MR) is 75.4 cm³/mol. The van der Waals surface area contributed by atoms with Crippen LogP contribution in [0.3, 0.4) is 0 Å². The Hall–Kier alpha value is -1.72. The second kappa shape index (κ2) is 5.95. The number of benzene rings is 1. The Morgan fingerprint density at radius 3 is 2.58 bits per heavy atom. The van der Waals surface area contributed by atoms with Gasteiger partial charge < -0.3 is 5.11 Å². The minimum atomic E-state index is -0.961. The molecule has 0 radical (unpaired) electrons. The molecule has 0 spiro atoms. The Kier molecular flexibility index (Phi) is 4.29. The van der Waals surface area contributed by atoms with Gasteiger partial charge >= 0.3 is 5.97 Å². The highest BCUT2D eigenvalue weighted by Gasteiger charge is 2.10. The van der Waals surface area contributed by atoms with Crippen LogP contribution in [0.5, 0.6) is 0 Å². The molecule has 0 aliphatic rings. The number of carboxylic acids is 1. The molecule has 0 aliphatic carbocycles. The first-order valence-corrected chi connectivity index (χ1v) is 6.84. The fourth-order valence-corrected chi connectivity index (χ4v) is 2.46. The third-order valence-corrected chi connectivity index (χ3v) is 3.62. The van der Waals surface area contributed by atoms with E-state index in [1.807, 2.05) is 7.05 Å². The highest BCUT2D eigenvalue weighted by molar-refractivity contribution is 7.11. The van der Waals surface area contributed by atoms with Gasteiger partial charge in [-0.15, -0.1) is 11.3 Å². The maximum absolute atomic E-state index is 10.8. The number of aromatic nitrogens is 1. The van der Waals surface area contributed by atoms with E-state index in [2.05, 4.69) is 41.1 Å². The summed E-state index contributed by atoms with van der Waals surface area (Å²) in [4.78, 5) is 17.0. The zero-order valence-electron chi connectivity index (χ0n) is 11.0. The molecule has 4 nitrogen and oxygen atoms in total. The van der Waals surface area contributed by atoms with Crippen LogP contribution >= 0.6 is 11.3 Å². The molecule has 0 saturated carbocycles. The van der Waals surface area contributed by atoms with Crippen molar-refractivity contribution in [2.45, 2.75) is 20.0 Å². The van der Waals surface area contributed by atoms with Gasteiger partial charge in [0.25, 0.3) is 0 Å². The molecular formula is C14H16N2O2S. The van der Waals surface area contributed by atoms with Gasteiger partial charge in [-0.3, -0.25) is 4.90 Å². The average molecular weight is 276 g/mol. The number of aromatic carboxylic acids is 1. The van der Waals surface area contributed by atoms with E-state index in [0.717, 1.165) is 12.2 Å². The second-order valence-corrected chi connectivity index (χ2v) is 5.47. The normalized spacial score (nSPS) is 10.9. The number of nitrogens with zero attached hydrogens (tertiary/aromatic N) is 2. The van der Waals surface area contributed by atoms with Crippen molar-refractivity contribution >= 4 is 17.3 Å². The van der Waals surface area contributed by atoms with E-state index < -0.39 is 5.97 Å². The van der Waals surface area contributed by atoms with Crippen LogP contribution in [0.15, 0.2) is 29.6 Å². The number of hydrogen-bond acceptors (Lipinski definition) is 4. The van der Waals surface area contributed by atoms with Gasteiger partial charge in [-0.1, -0.05) is 29.8 Å². The van der Waals surface area contributed by atoms with Crippen LogP contribution in [-0.2, 0) is 13.1 Å². The molecule has 5 heteroatoms. The van der Waals surface area contributed by atoms with Gasteiger partial charge in [0.05, 0.1) is 5.69 Å². The van der Waals surface area contributed by atoms with Crippen LogP contribution in [0.4, 0.5) is 0 Å². The molecular weight excluding hydrogens is 260 g/mol. The lowest BCUT2D eigenvalue weighted by atomic mass is 10.1. The van der Waals surface area contributed by atoms with Gasteiger partial charge in [-0.25, -0.2) is 9.78 Å². The van der Waals surface area contributed by atoms with Crippen molar-refractivity contribution < 1.29 is 9.90 Å². The van der Waals surface area contributed by atoms with E-state index in [9.17, 15) is 4.79 Å². The molecule has 100 valence electrons. The molecule has 0 amide bonds. The van der Waals surface area contributed by atoms with Crippen molar-refractivity contribution in [3.8, 4) is 0 Å². The van der Waals surface area contributed by atoms with Crippen LogP contribution in [0.25, 0.3) is 0 Å². The van der Waals surface area contributed by atoms with Gasteiger partial charge in [-0.05, 0) is 19.5 Å². The van der Waals surface area contributed by atoms with Crippen LogP contribution < -0.4 is 0 Å². The average Bonchev–Trinajstić information content (AvgIpc) is 2.80. The highest BCUT2D eigenvalue weighted by atomic mass is 32.1. The minimum absolute atomic E-state index is 0.152. The quantitative estimate of drug-likeness (QED) is 0.912. The standard InChI is InChI=1S/C14H16N2O2S/c1-10-3-5-11(6-4-10)7-16(2)8-12-9-19-13(15-12)14(17)18/h3-6,9H,7-8H2,1-2H3,(H,17,18). The Morgan fingerprint density at radius 1 is 1.32 bits per heavy atom. The Morgan fingerprint density at radius 2 is 2.00 bits per heavy atom. The largest absolute Gasteiger partial charge is 0.476 e. The first-order chi connectivity index (χ1) is 9.04. The van der Waals surface area contributed by atoms with Gasteiger partial charge in [0.1, 0.15) is 0 Å². The summed E-state index contributed by atoms with van der Waals surface area (Å²) in [5.41, 5.74) is 3.29. The molecule has 0 bridgehead atoms. The lowest BCUT2D eigenvalue weighted by Crippen LogP contribution is -2.17. The van der Waals surface area contributed by atoms with E-state index in [-0.39, 0.29) is 5.01 Å². The van der Waals surface area contributed by atoms with Crippen LogP contribution in [0.2, 0.25) is 0 Å². The number of carbonyl (C=O) groups is 1. The maximum Gasteiger partial charge on any atom is 0.365 e. The molecule has 1 heterocycles. The molecule has 1 N–H and O–H groups in total. The van der Waals surface area contributed by atoms with E-state index in [4.69, 9.17) is 5.11 Å². The third-order valence-electron chi connectivity index (χ3n) is 2.74. The predicted octanol–water partition coefficient (Wildman–Crippen LogP) is 2.78. The smallest absolute Gasteiger partial charge is 0.365 e. The zero-order chi connectivity index (χ0) is 13.8. The van der Waals surface area contributed by atoms with Gasteiger partial charge in [0.2, 0.25) is 5.01 Å². The zero-order valence-corrected chi connectivity index (χ0v) is 11.8. The van der Waals surface area contributed by atoms with Crippen LogP contribution in [0.1, 0.15) is 26.6 Å². The fourth-order valence-electron chi connectivity index (χ4n) is 1.82. The van der Waals surface area contributed by atoms with Crippen LogP contribution in [0, 0.1) is 6.92 Å². The number of hydrogen-bond donors (Lipinski definition) is 1. The summed E-state index contributed by atoms with van der Waals surface area (Å²) in [5.74, 6) is -0.961. The summed E-state index contributed by atoms with van der Waals surface area (Å²) in [6.07, 6.45) is 0. The molecule has 0 unspecified atom stereocenters. The molecule has 0 fully saturated rings. The SMILES string of the molecule is Cc1ccc(CN(C)Cc2csc(C(=O)O)n2)cc1. The minimum Gasteiger partial charge on any atom is -0.476 e. The summed E-state index contributed by atoms with van der Waals surface area (Å²) in [7, 11) is 2.00. The van der Waals surface area contributed by atoms with Crippen molar-refractivity contribution in [1.82, 2.24) is 9.88 Å². The summed E-state index contributed by atoms with van der Waals surface area (Å²) in [5, 5.41) is 10.8. The first kappa shape index (κ1) is 13.7. The number of carboxylic acid groups (broad SMARTS) is 1. The van der Waals surface area contributed by atoms with E-state index in [1.165, 1.54) is 22.5 Å². The number of thiazole rings is 1. The maximum atomic E-state index is 10.8. The summed E-state index contributed by atoms with van der Waals surface area (Å²) in [6.45, 7) is 3.54. The lowest BCUT2D eigenvalue weighted by molar-refractivity contribution is 0.0696. The topological polar surface area (TPSA) is 53.4 Å². The Balaban J connectivity index is 1.94. The molecule has 2 rings (SSSR count). The number of rotatable bonds is 5. The molecule has 0 aliphatic heterocycles. The second-order valence-electron chi connectivity index (χ2n) is 4.61. The van der Waals surface area contributed by atoms with Crippen molar-refractivity contribution in [2.24, 2.45) is 0 Å². The monoisotopic (exact) mass is 276 g/mol. The Labute approximate surface area is 116 Å². The van der Waals surface area contributed by atoms with Crippen LogP contribution in [-0.4, -0.2) is 28.0 Å². The molecule has 0 saturated heterocycles. The summed E-state index contributed by atoms with van der Waals surface area (Å²) in [6, 6.07) is 8.40. The summed E-state index contributed by atoms with van der Waals surface area (Å²) < 4.78 is 0. The van der Waals surface area contributed by atoms with Crippen molar-refractivity contribution in [3.63, 3.8) is 0 Å². The molecule has 2 aromatic rings. The van der Waals surface area contributed by atoms with Crippen molar-refractivity contribution in [3.05, 3.63) is 51.5 Å². The van der Waals surface area contributed by atoms with E-state index in [1.54, 1.807) is 5.38 Å². The molecule has 1 aromatic carbocycles. The van der Waals surface area contributed by atoms with Gasteiger partial charge in [0.15, 0.2) is 0 Å². The lowest BCUT2D eigenvalue weighted by Gasteiger charge is -2.15. The third kappa shape index (κ3) is 3.87. The van der Waals surface area contributed by atoms with E-state index >= 15 is 0 Å².